The summed E-state index contributed by atoms with van der Waals surface area (Å²) < 4.78 is 6.46. The molecule has 0 amide bonds. The zero-order valence-electron chi connectivity index (χ0n) is 11.3. The van der Waals surface area contributed by atoms with Crippen LogP contribution < -0.4 is 10.1 Å². The van der Waals surface area contributed by atoms with Crippen LogP contribution in [-0.2, 0) is 6.54 Å². The van der Waals surface area contributed by atoms with Crippen molar-refractivity contribution in [1.29, 1.82) is 0 Å². The maximum absolute atomic E-state index is 5.26. The molecule has 0 saturated carbocycles. The van der Waals surface area contributed by atoms with E-state index < -0.39 is 0 Å². The van der Waals surface area contributed by atoms with Gasteiger partial charge in [0.25, 0.3) is 0 Å². The zero-order valence-corrected chi connectivity index (χ0v) is 12.2. The molecule has 1 saturated heterocycles. The van der Waals surface area contributed by atoms with E-state index in [-0.39, 0.29) is 0 Å². The molecule has 19 heavy (non-hydrogen) atoms. The van der Waals surface area contributed by atoms with E-state index in [1.807, 2.05) is 12.1 Å². The highest BCUT2D eigenvalue weighted by atomic mass is 32.1. The summed E-state index contributed by atoms with van der Waals surface area (Å²) in [6.45, 7) is 6.45. The molecule has 1 aromatic carbocycles. The van der Waals surface area contributed by atoms with Crippen molar-refractivity contribution in [3.63, 3.8) is 0 Å². The van der Waals surface area contributed by atoms with Crippen molar-refractivity contribution in [2.45, 2.75) is 19.5 Å². The van der Waals surface area contributed by atoms with E-state index in [1.54, 1.807) is 18.4 Å². The van der Waals surface area contributed by atoms with Crippen molar-refractivity contribution < 1.29 is 4.74 Å². The fourth-order valence-electron chi connectivity index (χ4n) is 2.49. The van der Waals surface area contributed by atoms with Gasteiger partial charge in [-0.2, -0.15) is 0 Å². The molecule has 0 bridgehead atoms. The van der Waals surface area contributed by atoms with Crippen LogP contribution in [0.3, 0.4) is 0 Å². The normalized spacial score (nSPS) is 20.8. The third-order valence-electron chi connectivity index (χ3n) is 3.45. The second-order valence-corrected chi connectivity index (χ2v) is 6.15. The maximum atomic E-state index is 5.26. The summed E-state index contributed by atoms with van der Waals surface area (Å²) >= 11 is 1.77. The molecule has 0 radical (unpaired) electrons. The number of piperazine rings is 1. The van der Waals surface area contributed by atoms with Crippen LogP contribution >= 0.6 is 11.3 Å². The summed E-state index contributed by atoms with van der Waals surface area (Å²) in [5, 5.41) is 4.66. The summed E-state index contributed by atoms with van der Waals surface area (Å²) in [5.74, 6) is 0.901. The highest BCUT2D eigenvalue weighted by molar-refractivity contribution is 7.18. The quantitative estimate of drug-likeness (QED) is 0.932. The van der Waals surface area contributed by atoms with E-state index in [0.717, 1.165) is 37.4 Å². The number of thiazole rings is 1. The van der Waals surface area contributed by atoms with E-state index in [2.05, 4.69) is 23.2 Å². The van der Waals surface area contributed by atoms with Crippen molar-refractivity contribution >= 4 is 21.6 Å². The molecule has 5 heteroatoms. The van der Waals surface area contributed by atoms with Crippen molar-refractivity contribution in [1.82, 2.24) is 15.2 Å². The molecule has 3 rings (SSSR count). The second kappa shape index (κ2) is 5.45. The molecule has 0 spiro atoms. The predicted octanol–water partition coefficient (Wildman–Crippen LogP) is 2.10. The fourth-order valence-corrected chi connectivity index (χ4v) is 3.53. The minimum absolute atomic E-state index is 0.572. The third-order valence-corrected chi connectivity index (χ3v) is 4.45. The first-order chi connectivity index (χ1) is 9.24. The summed E-state index contributed by atoms with van der Waals surface area (Å²) in [4.78, 5) is 7.18. The standard InChI is InChI=1S/C14H19N3OS/c1-10-8-17(6-5-15-10)9-14-16-12-4-3-11(18-2)7-13(12)19-14/h3-4,7,10,15H,5-6,8-9H2,1-2H3/t10-/m0/s1. The number of fused-ring (bicyclic) bond motifs is 1. The average Bonchev–Trinajstić information content (AvgIpc) is 2.79. The first-order valence-corrected chi connectivity index (χ1v) is 7.45. The molecule has 1 aromatic heterocycles. The number of nitrogens with one attached hydrogen (secondary N) is 1. The molecule has 1 aliphatic heterocycles. The van der Waals surface area contributed by atoms with Gasteiger partial charge in [0, 0.05) is 25.7 Å². The van der Waals surface area contributed by atoms with Crippen LogP contribution in [0, 0.1) is 0 Å². The summed E-state index contributed by atoms with van der Waals surface area (Å²) in [6, 6.07) is 6.65. The smallest absolute Gasteiger partial charge is 0.120 e. The van der Waals surface area contributed by atoms with Crippen molar-refractivity contribution in [3.05, 3.63) is 23.2 Å². The Balaban J connectivity index is 1.77. The molecule has 0 unspecified atom stereocenters. The molecule has 0 aliphatic carbocycles. The predicted molar refractivity (Wildman–Crippen MR) is 78.9 cm³/mol. The summed E-state index contributed by atoms with van der Waals surface area (Å²) in [7, 11) is 1.70. The molecule has 1 N–H and O–H groups in total. The lowest BCUT2D eigenvalue weighted by molar-refractivity contribution is 0.199. The SMILES string of the molecule is COc1ccc2nc(CN3CCN[C@@H](C)C3)sc2c1. The topological polar surface area (TPSA) is 37.4 Å². The Hall–Kier alpha value is -1.17. The molecule has 1 aliphatic rings. The Morgan fingerprint density at radius 2 is 2.42 bits per heavy atom. The van der Waals surface area contributed by atoms with E-state index >= 15 is 0 Å². The molecular weight excluding hydrogens is 258 g/mol. The van der Waals surface area contributed by atoms with Gasteiger partial charge in [-0.1, -0.05) is 0 Å². The number of benzene rings is 1. The number of aromatic nitrogens is 1. The van der Waals surface area contributed by atoms with Gasteiger partial charge in [-0.15, -0.1) is 11.3 Å². The van der Waals surface area contributed by atoms with Crippen molar-refractivity contribution in [3.8, 4) is 5.75 Å². The minimum atomic E-state index is 0.572. The Bertz CT molecular complexity index is 569. The molecule has 2 aromatic rings. The van der Waals surface area contributed by atoms with E-state index in [1.165, 1.54) is 9.71 Å². The first kappa shape index (κ1) is 12.8. The lowest BCUT2D eigenvalue weighted by atomic mass is 10.2. The lowest BCUT2D eigenvalue weighted by Crippen LogP contribution is -2.48. The highest BCUT2D eigenvalue weighted by Gasteiger charge is 2.17. The molecule has 102 valence electrons. The minimum Gasteiger partial charge on any atom is -0.497 e. The number of hydrogen-bond donors (Lipinski definition) is 1. The van der Waals surface area contributed by atoms with Gasteiger partial charge >= 0.3 is 0 Å². The van der Waals surface area contributed by atoms with E-state index in [0.29, 0.717) is 6.04 Å². The number of ether oxygens (including phenoxy) is 1. The monoisotopic (exact) mass is 277 g/mol. The Morgan fingerprint density at radius 3 is 3.21 bits per heavy atom. The fraction of sp³-hybridized carbons (Fsp3) is 0.500. The molecule has 1 atom stereocenters. The average molecular weight is 277 g/mol. The van der Waals surface area contributed by atoms with E-state index in [4.69, 9.17) is 9.72 Å². The van der Waals surface area contributed by atoms with Gasteiger partial charge in [0.15, 0.2) is 0 Å². The van der Waals surface area contributed by atoms with Gasteiger partial charge in [0.2, 0.25) is 0 Å². The summed E-state index contributed by atoms with van der Waals surface area (Å²) in [6.07, 6.45) is 0. The van der Waals surface area contributed by atoms with Crippen LogP contribution in [-0.4, -0.2) is 42.7 Å². The van der Waals surface area contributed by atoms with Gasteiger partial charge in [-0.05, 0) is 25.1 Å². The van der Waals surface area contributed by atoms with Gasteiger partial charge in [0.05, 0.1) is 23.9 Å². The second-order valence-electron chi connectivity index (χ2n) is 5.03. The molecular formula is C14H19N3OS. The first-order valence-electron chi connectivity index (χ1n) is 6.64. The van der Waals surface area contributed by atoms with Crippen LogP contribution in [0.5, 0.6) is 5.75 Å². The Kier molecular flexibility index (Phi) is 3.68. The van der Waals surface area contributed by atoms with Crippen LogP contribution in [0.1, 0.15) is 11.9 Å². The third kappa shape index (κ3) is 2.88. The van der Waals surface area contributed by atoms with Gasteiger partial charge < -0.3 is 10.1 Å². The number of methoxy groups -OCH3 is 1. The Labute approximate surface area is 117 Å². The van der Waals surface area contributed by atoms with Crippen molar-refractivity contribution in [2.75, 3.05) is 26.7 Å². The van der Waals surface area contributed by atoms with Crippen LogP contribution in [0.2, 0.25) is 0 Å². The van der Waals surface area contributed by atoms with Crippen LogP contribution in [0.15, 0.2) is 18.2 Å². The van der Waals surface area contributed by atoms with Gasteiger partial charge in [-0.25, -0.2) is 4.98 Å². The van der Waals surface area contributed by atoms with E-state index in [9.17, 15) is 0 Å². The molecule has 2 heterocycles. The number of hydrogen-bond acceptors (Lipinski definition) is 5. The zero-order chi connectivity index (χ0) is 13.2. The number of rotatable bonds is 3. The van der Waals surface area contributed by atoms with Gasteiger partial charge in [-0.3, -0.25) is 4.90 Å². The highest BCUT2D eigenvalue weighted by Crippen LogP contribution is 2.27. The molecule has 1 fully saturated rings. The molecule has 4 nitrogen and oxygen atoms in total. The lowest BCUT2D eigenvalue weighted by Gasteiger charge is -2.31. The number of nitrogens with zero attached hydrogens (tertiary/aromatic N) is 2. The maximum Gasteiger partial charge on any atom is 0.120 e. The Morgan fingerprint density at radius 1 is 1.53 bits per heavy atom. The largest absolute Gasteiger partial charge is 0.497 e. The summed E-state index contributed by atoms with van der Waals surface area (Å²) in [5.41, 5.74) is 1.07. The van der Waals surface area contributed by atoms with Crippen molar-refractivity contribution in [2.24, 2.45) is 0 Å². The van der Waals surface area contributed by atoms with Gasteiger partial charge in [0.1, 0.15) is 10.8 Å². The van der Waals surface area contributed by atoms with Crippen LogP contribution in [0.25, 0.3) is 10.2 Å². The van der Waals surface area contributed by atoms with Crippen LogP contribution in [0.4, 0.5) is 0 Å².